The average Bonchev–Trinajstić information content (AvgIpc) is 2.25. The molecule has 1 aromatic carbocycles. The molecule has 80 valence electrons. The second kappa shape index (κ2) is 6.23. The van der Waals surface area contributed by atoms with Crippen molar-refractivity contribution < 1.29 is 0 Å². The molecule has 0 bridgehead atoms. The zero-order chi connectivity index (χ0) is 11.1. The highest BCUT2D eigenvalue weighted by Crippen LogP contribution is 2.10. The molecule has 0 aliphatic rings. The molecule has 0 nitrogen and oxygen atoms in total. The molecular weight excluding hydrogens is 180 g/mol. The Kier molecular flexibility index (Phi) is 4.89. The van der Waals surface area contributed by atoms with Crippen molar-refractivity contribution in [2.24, 2.45) is 5.92 Å². The Balaban J connectivity index is 2.48. The molecule has 0 aliphatic carbocycles. The number of rotatable bonds is 4. The van der Waals surface area contributed by atoms with Crippen LogP contribution in [-0.2, 0) is 0 Å². The SMILES string of the molecule is CC(C)=CCC(C)C=Cc1ccccc1. The fourth-order valence-corrected chi connectivity index (χ4v) is 1.34. The minimum absolute atomic E-state index is 0.611. The van der Waals surface area contributed by atoms with Crippen molar-refractivity contribution in [1.29, 1.82) is 0 Å². The summed E-state index contributed by atoms with van der Waals surface area (Å²) in [7, 11) is 0. The van der Waals surface area contributed by atoms with Crippen LogP contribution in [0.5, 0.6) is 0 Å². The van der Waals surface area contributed by atoms with Gasteiger partial charge in [0.2, 0.25) is 0 Å². The third kappa shape index (κ3) is 5.21. The second-order valence-corrected chi connectivity index (χ2v) is 4.26. The van der Waals surface area contributed by atoms with Gasteiger partial charge in [-0.05, 0) is 31.7 Å². The van der Waals surface area contributed by atoms with Crippen LogP contribution in [-0.4, -0.2) is 0 Å². The fourth-order valence-electron chi connectivity index (χ4n) is 1.34. The van der Waals surface area contributed by atoms with Crippen molar-refractivity contribution >= 4 is 6.08 Å². The van der Waals surface area contributed by atoms with Crippen LogP contribution in [0.3, 0.4) is 0 Å². The van der Waals surface area contributed by atoms with Crippen LogP contribution >= 0.6 is 0 Å². The fraction of sp³-hybridized carbons (Fsp3) is 0.333. The molecule has 0 spiro atoms. The summed E-state index contributed by atoms with van der Waals surface area (Å²) in [5.41, 5.74) is 2.68. The van der Waals surface area contributed by atoms with E-state index in [0.29, 0.717) is 5.92 Å². The van der Waals surface area contributed by atoms with Crippen molar-refractivity contribution in [2.75, 3.05) is 0 Å². The first kappa shape index (κ1) is 11.8. The number of hydrogen-bond acceptors (Lipinski definition) is 0. The van der Waals surface area contributed by atoms with E-state index in [0.717, 1.165) is 6.42 Å². The lowest BCUT2D eigenvalue weighted by molar-refractivity contribution is 0.744. The maximum Gasteiger partial charge on any atom is -0.0224 e. The number of hydrogen-bond donors (Lipinski definition) is 0. The molecule has 1 rings (SSSR count). The third-order valence-corrected chi connectivity index (χ3v) is 2.31. The standard InChI is InChI=1S/C15H20/c1-13(2)9-10-14(3)11-12-15-7-5-4-6-8-15/h4-9,11-12,14H,10H2,1-3H3. The van der Waals surface area contributed by atoms with Crippen molar-refractivity contribution in [3.8, 4) is 0 Å². The van der Waals surface area contributed by atoms with Crippen molar-refractivity contribution in [3.63, 3.8) is 0 Å². The number of benzene rings is 1. The van der Waals surface area contributed by atoms with Gasteiger partial charge in [0, 0.05) is 0 Å². The molecule has 0 heteroatoms. The number of allylic oxidation sites excluding steroid dienone is 3. The Morgan fingerprint density at radius 2 is 1.87 bits per heavy atom. The van der Waals surface area contributed by atoms with E-state index < -0.39 is 0 Å². The van der Waals surface area contributed by atoms with Crippen LogP contribution < -0.4 is 0 Å². The summed E-state index contributed by atoms with van der Waals surface area (Å²) in [6.45, 7) is 6.54. The molecule has 0 amide bonds. The van der Waals surface area contributed by atoms with Gasteiger partial charge < -0.3 is 0 Å². The molecule has 0 radical (unpaired) electrons. The summed E-state index contributed by atoms with van der Waals surface area (Å²) in [5, 5.41) is 0. The molecular formula is C15H20. The second-order valence-electron chi connectivity index (χ2n) is 4.26. The van der Waals surface area contributed by atoms with Gasteiger partial charge in [-0.2, -0.15) is 0 Å². The van der Waals surface area contributed by atoms with Crippen molar-refractivity contribution in [3.05, 3.63) is 53.6 Å². The first-order valence-electron chi connectivity index (χ1n) is 5.55. The van der Waals surface area contributed by atoms with Gasteiger partial charge in [0.15, 0.2) is 0 Å². The van der Waals surface area contributed by atoms with E-state index in [9.17, 15) is 0 Å². The molecule has 0 saturated carbocycles. The summed E-state index contributed by atoms with van der Waals surface area (Å²) >= 11 is 0. The molecule has 1 unspecified atom stereocenters. The topological polar surface area (TPSA) is 0 Å². The molecule has 0 fully saturated rings. The smallest absolute Gasteiger partial charge is 0.0224 e. The third-order valence-electron chi connectivity index (χ3n) is 2.31. The van der Waals surface area contributed by atoms with E-state index in [2.05, 4.69) is 63.3 Å². The highest BCUT2D eigenvalue weighted by molar-refractivity contribution is 5.48. The molecule has 1 atom stereocenters. The largest absolute Gasteiger partial charge is 0.0853 e. The van der Waals surface area contributed by atoms with Gasteiger partial charge in [-0.1, -0.05) is 61.1 Å². The maximum absolute atomic E-state index is 2.29. The van der Waals surface area contributed by atoms with E-state index in [1.807, 2.05) is 6.07 Å². The lowest BCUT2D eigenvalue weighted by Crippen LogP contribution is -1.86. The summed E-state index contributed by atoms with van der Waals surface area (Å²) in [5.74, 6) is 0.611. The predicted octanol–water partition coefficient (Wildman–Crippen LogP) is 4.69. The zero-order valence-electron chi connectivity index (χ0n) is 9.90. The lowest BCUT2D eigenvalue weighted by atomic mass is 10.0. The summed E-state index contributed by atoms with van der Waals surface area (Å²) in [4.78, 5) is 0. The van der Waals surface area contributed by atoms with Gasteiger partial charge >= 0.3 is 0 Å². The van der Waals surface area contributed by atoms with E-state index in [-0.39, 0.29) is 0 Å². The Morgan fingerprint density at radius 3 is 2.47 bits per heavy atom. The van der Waals surface area contributed by atoms with Gasteiger partial charge in [-0.25, -0.2) is 0 Å². The first-order valence-corrected chi connectivity index (χ1v) is 5.55. The van der Waals surface area contributed by atoms with Gasteiger partial charge in [-0.3, -0.25) is 0 Å². The minimum Gasteiger partial charge on any atom is -0.0853 e. The van der Waals surface area contributed by atoms with E-state index >= 15 is 0 Å². The summed E-state index contributed by atoms with van der Waals surface area (Å²) in [6, 6.07) is 10.4. The molecule has 0 saturated heterocycles. The maximum atomic E-state index is 2.29. The first-order chi connectivity index (χ1) is 7.18. The quantitative estimate of drug-likeness (QED) is 0.618. The van der Waals surface area contributed by atoms with E-state index in [4.69, 9.17) is 0 Å². The average molecular weight is 200 g/mol. The Bertz CT molecular complexity index is 326. The summed E-state index contributed by atoms with van der Waals surface area (Å²) in [6.07, 6.45) is 7.89. The highest BCUT2D eigenvalue weighted by atomic mass is 14.0. The molecule has 0 heterocycles. The Hall–Kier alpha value is -1.30. The lowest BCUT2D eigenvalue weighted by Gasteiger charge is -2.01. The van der Waals surface area contributed by atoms with Crippen LogP contribution in [0.25, 0.3) is 6.08 Å². The van der Waals surface area contributed by atoms with Crippen LogP contribution in [0.15, 0.2) is 48.1 Å². The molecule has 15 heavy (non-hydrogen) atoms. The van der Waals surface area contributed by atoms with Crippen LogP contribution in [0.4, 0.5) is 0 Å². The van der Waals surface area contributed by atoms with Gasteiger partial charge in [0.25, 0.3) is 0 Å². The van der Waals surface area contributed by atoms with E-state index in [1.165, 1.54) is 11.1 Å². The Morgan fingerprint density at radius 1 is 1.20 bits per heavy atom. The molecule has 0 aromatic heterocycles. The zero-order valence-corrected chi connectivity index (χ0v) is 9.90. The molecule has 1 aromatic rings. The summed E-state index contributed by atoms with van der Waals surface area (Å²) < 4.78 is 0. The van der Waals surface area contributed by atoms with Crippen LogP contribution in [0, 0.1) is 5.92 Å². The van der Waals surface area contributed by atoms with Gasteiger partial charge in [0.1, 0.15) is 0 Å². The highest BCUT2D eigenvalue weighted by Gasteiger charge is 1.93. The van der Waals surface area contributed by atoms with Crippen LogP contribution in [0.1, 0.15) is 32.8 Å². The monoisotopic (exact) mass is 200 g/mol. The van der Waals surface area contributed by atoms with Crippen molar-refractivity contribution in [2.45, 2.75) is 27.2 Å². The normalized spacial score (nSPS) is 12.7. The molecule has 0 aliphatic heterocycles. The van der Waals surface area contributed by atoms with Gasteiger partial charge in [0.05, 0.1) is 0 Å². The van der Waals surface area contributed by atoms with Crippen molar-refractivity contribution in [1.82, 2.24) is 0 Å². The van der Waals surface area contributed by atoms with Crippen LogP contribution in [0.2, 0.25) is 0 Å². The van der Waals surface area contributed by atoms with Gasteiger partial charge in [-0.15, -0.1) is 0 Å². The predicted molar refractivity (Wildman–Crippen MR) is 68.7 cm³/mol. The molecule has 0 N–H and O–H groups in total. The van der Waals surface area contributed by atoms with E-state index in [1.54, 1.807) is 0 Å². The minimum atomic E-state index is 0.611. The Labute approximate surface area is 93.3 Å².